The van der Waals surface area contributed by atoms with Gasteiger partial charge in [-0.05, 0) is 41.2 Å². The van der Waals surface area contributed by atoms with E-state index in [0.29, 0.717) is 12.2 Å². The molecule has 0 aliphatic rings. The fraction of sp³-hybridized carbons (Fsp3) is 0.455. The number of aliphatic hydroxyl groups excluding tert-OH is 1. The Labute approximate surface area is 165 Å². The zero-order chi connectivity index (χ0) is 21.1. The first-order valence-corrected chi connectivity index (χ1v) is 9.32. The molecule has 5 nitrogen and oxygen atoms in total. The summed E-state index contributed by atoms with van der Waals surface area (Å²) >= 11 is 0. The van der Waals surface area contributed by atoms with Crippen molar-refractivity contribution in [3.8, 4) is 0 Å². The highest BCUT2D eigenvalue weighted by molar-refractivity contribution is 5.86. The van der Waals surface area contributed by atoms with Crippen molar-refractivity contribution in [2.24, 2.45) is 5.41 Å². The van der Waals surface area contributed by atoms with Gasteiger partial charge in [0, 0.05) is 18.2 Å². The Kier molecular flexibility index (Phi) is 6.44. The van der Waals surface area contributed by atoms with Crippen molar-refractivity contribution >= 4 is 11.9 Å². The van der Waals surface area contributed by atoms with Gasteiger partial charge >= 0.3 is 6.09 Å². The van der Waals surface area contributed by atoms with E-state index in [9.17, 15) is 14.3 Å². The summed E-state index contributed by atoms with van der Waals surface area (Å²) in [4.78, 5) is 18.0. The van der Waals surface area contributed by atoms with E-state index < -0.39 is 23.0 Å². The predicted octanol–water partition coefficient (Wildman–Crippen LogP) is 4.63. The van der Waals surface area contributed by atoms with Crippen molar-refractivity contribution in [3.63, 3.8) is 0 Å². The molecule has 1 atom stereocenters. The summed E-state index contributed by atoms with van der Waals surface area (Å²) in [7, 11) is 0. The van der Waals surface area contributed by atoms with Crippen LogP contribution in [0.4, 0.5) is 15.0 Å². The van der Waals surface area contributed by atoms with Crippen LogP contribution < -0.4 is 4.90 Å². The number of nitrogens with zero attached hydrogens (tertiary/aromatic N) is 2. The van der Waals surface area contributed by atoms with Crippen LogP contribution in [0, 0.1) is 11.2 Å². The summed E-state index contributed by atoms with van der Waals surface area (Å²) in [5.74, 6) is -0.00705. The van der Waals surface area contributed by atoms with Crippen LogP contribution in [-0.4, -0.2) is 33.9 Å². The highest BCUT2D eigenvalue weighted by atomic mass is 19.1. The largest absolute Gasteiger partial charge is 0.465 e. The Morgan fingerprint density at radius 3 is 2.14 bits per heavy atom. The van der Waals surface area contributed by atoms with E-state index in [1.807, 2.05) is 34.6 Å². The smallest absolute Gasteiger partial charge is 0.413 e. The second kappa shape index (κ2) is 8.27. The third kappa shape index (κ3) is 4.68. The van der Waals surface area contributed by atoms with Crippen LogP contribution in [0.2, 0.25) is 0 Å². The van der Waals surface area contributed by atoms with E-state index in [1.165, 1.54) is 17.0 Å². The van der Waals surface area contributed by atoms with Crippen LogP contribution in [0.3, 0.4) is 0 Å². The SMILES string of the molecule is CC(C)(C)C(N(C(=O)O)c1ccc(CCO)cn1)C(C)(C)c1ccc(F)cc1. The molecule has 0 fully saturated rings. The van der Waals surface area contributed by atoms with Gasteiger partial charge in [-0.1, -0.05) is 52.8 Å². The normalized spacial score (nSPS) is 13.2. The topological polar surface area (TPSA) is 73.7 Å². The van der Waals surface area contributed by atoms with Gasteiger partial charge in [-0.25, -0.2) is 14.2 Å². The standard InChI is InChI=1S/C22H29FN2O3/c1-21(2,3)19(22(4,5)16-7-9-17(23)10-8-16)25(20(27)28)18-11-6-15(12-13-26)14-24-18/h6-11,14,19,26H,12-13H2,1-5H3,(H,27,28). The maximum Gasteiger partial charge on any atom is 0.413 e. The first-order valence-electron chi connectivity index (χ1n) is 9.32. The third-order valence-electron chi connectivity index (χ3n) is 5.01. The molecule has 1 unspecified atom stereocenters. The molecule has 0 bridgehead atoms. The van der Waals surface area contributed by atoms with Crippen LogP contribution in [0.1, 0.15) is 45.7 Å². The van der Waals surface area contributed by atoms with Gasteiger partial charge in [-0.2, -0.15) is 0 Å². The first-order chi connectivity index (χ1) is 13.0. The van der Waals surface area contributed by atoms with Gasteiger partial charge in [-0.3, -0.25) is 4.90 Å². The summed E-state index contributed by atoms with van der Waals surface area (Å²) in [6.45, 7) is 9.89. The predicted molar refractivity (Wildman–Crippen MR) is 108 cm³/mol. The molecule has 1 amide bonds. The third-order valence-corrected chi connectivity index (χ3v) is 5.01. The monoisotopic (exact) mass is 388 g/mol. The molecule has 2 rings (SSSR count). The number of aliphatic hydroxyl groups is 1. The number of carboxylic acid groups (broad SMARTS) is 1. The Morgan fingerprint density at radius 2 is 1.71 bits per heavy atom. The zero-order valence-corrected chi connectivity index (χ0v) is 17.1. The van der Waals surface area contributed by atoms with E-state index in [-0.39, 0.29) is 12.4 Å². The van der Waals surface area contributed by atoms with E-state index in [4.69, 9.17) is 5.11 Å². The molecule has 0 radical (unpaired) electrons. The Balaban J connectivity index is 2.56. The number of amides is 1. The molecule has 6 heteroatoms. The fourth-order valence-corrected chi connectivity index (χ4v) is 4.01. The van der Waals surface area contributed by atoms with Gasteiger partial charge < -0.3 is 10.2 Å². The van der Waals surface area contributed by atoms with Gasteiger partial charge in [0.25, 0.3) is 0 Å². The lowest BCUT2D eigenvalue weighted by Crippen LogP contribution is -2.57. The highest BCUT2D eigenvalue weighted by Gasteiger charge is 2.46. The first kappa shape index (κ1) is 21.8. The number of carbonyl (C=O) groups is 1. The number of pyridine rings is 1. The molecule has 28 heavy (non-hydrogen) atoms. The average molecular weight is 388 g/mol. The Morgan fingerprint density at radius 1 is 1.11 bits per heavy atom. The number of hydrogen-bond acceptors (Lipinski definition) is 3. The van der Waals surface area contributed by atoms with E-state index >= 15 is 0 Å². The number of aromatic nitrogens is 1. The molecular formula is C22H29FN2O3. The fourth-order valence-electron chi connectivity index (χ4n) is 4.01. The molecule has 0 saturated carbocycles. The van der Waals surface area contributed by atoms with Crippen LogP contribution in [0.5, 0.6) is 0 Å². The molecule has 0 saturated heterocycles. The molecule has 2 aromatic rings. The minimum absolute atomic E-state index is 0.00584. The lowest BCUT2D eigenvalue weighted by atomic mass is 9.66. The van der Waals surface area contributed by atoms with Crippen LogP contribution in [0.25, 0.3) is 0 Å². The number of benzene rings is 1. The molecule has 0 spiro atoms. The Bertz CT molecular complexity index is 796. The van der Waals surface area contributed by atoms with Crippen LogP contribution in [-0.2, 0) is 11.8 Å². The van der Waals surface area contributed by atoms with Crippen LogP contribution in [0.15, 0.2) is 42.6 Å². The van der Waals surface area contributed by atoms with E-state index in [1.54, 1.807) is 30.5 Å². The average Bonchev–Trinajstić information content (AvgIpc) is 2.59. The maximum atomic E-state index is 13.4. The van der Waals surface area contributed by atoms with Crippen molar-refractivity contribution in [2.45, 2.75) is 52.5 Å². The van der Waals surface area contributed by atoms with Gasteiger partial charge in [0.15, 0.2) is 0 Å². The van der Waals surface area contributed by atoms with Crippen LogP contribution >= 0.6 is 0 Å². The summed E-state index contributed by atoms with van der Waals surface area (Å²) in [5, 5.41) is 19.1. The summed E-state index contributed by atoms with van der Waals surface area (Å²) in [6, 6.07) is 9.16. The number of rotatable bonds is 6. The minimum atomic E-state index is -1.10. The number of hydrogen-bond donors (Lipinski definition) is 2. The quantitative estimate of drug-likeness (QED) is 0.756. The van der Waals surface area contributed by atoms with Crippen molar-refractivity contribution in [3.05, 3.63) is 59.5 Å². The zero-order valence-electron chi connectivity index (χ0n) is 17.1. The molecule has 152 valence electrons. The Hall–Kier alpha value is -2.47. The lowest BCUT2D eigenvalue weighted by molar-refractivity contribution is 0.168. The molecule has 1 aromatic heterocycles. The highest BCUT2D eigenvalue weighted by Crippen LogP contribution is 2.42. The number of halogens is 1. The molecule has 0 aliphatic carbocycles. The van der Waals surface area contributed by atoms with Crippen molar-refractivity contribution in [1.29, 1.82) is 0 Å². The second-order valence-electron chi connectivity index (χ2n) is 8.65. The molecule has 1 aromatic carbocycles. The van der Waals surface area contributed by atoms with E-state index in [2.05, 4.69) is 4.98 Å². The van der Waals surface area contributed by atoms with Gasteiger partial charge in [0.1, 0.15) is 11.6 Å². The van der Waals surface area contributed by atoms with Gasteiger partial charge in [0.2, 0.25) is 0 Å². The summed E-state index contributed by atoms with van der Waals surface area (Å²) in [5.41, 5.74) is 0.635. The summed E-state index contributed by atoms with van der Waals surface area (Å²) < 4.78 is 13.4. The summed E-state index contributed by atoms with van der Waals surface area (Å²) in [6.07, 6.45) is 0.952. The molecule has 2 N–H and O–H groups in total. The minimum Gasteiger partial charge on any atom is -0.465 e. The number of anilines is 1. The lowest BCUT2D eigenvalue weighted by Gasteiger charge is -2.47. The van der Waals surface area contributed by atoms with Crippen molar-refractivity contribution in [2.75, 3.05) is 11.5 Å². The van der Waals surface area contributed by atoms with Gasteiger partial charge in [-0.15, -0.1) is 0 Å². The molecular weight excluding hydrogens is 359 g/mol. The van der Waals surface area contributed by atoms with E-state index in [0.717, 1.165) is 11.1 Å². The maximum absolute atomic E-state index is 13.4. The second-order valence-corrected chi connectivity index (χ2v) is 8.65. The van der Waals surface area contributed by atoms with Crippen molar-refractivity contribution in [1.82, 2.24) is 4.98 Å². The molecule has 0 aliphatic heterocycles. The molecule has 1 heterocycles. The van der Waals surface area contributed by atoms with Crippen molar-refractivity contribution < 1.29 is 19.4 Å². The van der Waals surface area contributed by atoms with Gasteiger partial charge in [0.05, 0.1) is 6.04 Å².